The molecule has 5 aliphatic rings. The van der Waals surface area contributed by atoms with E-state index in [2.05, 4.69) is 80.6 Å². The van der Waals surface area contributed by atoms with Crippen LogP contribution in [0.25, 0.3) is 11.1 Å². The minimum absolute atomic E-state index is 0.0940. The summed E-state index contributed by atoms with van der Waals surface area (Å²) in [6.07, 6.45) is 4.09. The normalized spacial score (nSPS) is 21.1. The fourth-order valence-electron chi connectivity index (χ4n) is 9.25. The van der Waals surface area contributed by atoms with Crippen molar-refractivity contribution in [3.63, 3.8) is 0 Å². The number of carbonyl (C=O) groups excluding carboxylic acids is 4. The van der Waals surface area contributed by atoms with Crippen molar-refractivity contribution in [3.8, 4) is 17.2 Å². The van der Waals surface area contributed by atoms with E-state index in [1.54, 1.807) is 12.1 Å². The highest BCUT2D eigenvalue weighted by atomic mass is 16.5. The van der Waals surface area contributed by atoms with Crippen LogP contribution in [-0.2, 0) is 15.0 Å². The van der Waals surface area contributed by atoms with Crippen LogP contribution in [0.4, 0.5) is 17.1 Å². The molecule has 4 aliphatic heterocycles. The molecule has 12 nitrogen and oxygen atoms in total. The van der Waals surface area contributed by atoms with Gasteiger partial charge in [-0.2, -0.15) is 5.26 Å². The molecular formula is C44H45N7O5. The summed E-state index contributed by atoms with van der Waals surface area (Å²) >= 11 is 0. The number of amides is 4. The van der Waals surface area contributed by atoms with Crippen LogP contribution in [0.3, 0.4) is 0 Å². The van der Waals surface area contributed by atoms with Crippen LogP contribution >= 0.6 is 0 Å². The second-order valence-electron chi connectivity index (χ2n) is 16.3. The van der Waals surface area contributed by atoms with Crippen molar-refractivity contribution in [2.24, 2.45) is 5.92 Å². The Kier molecular flexibility index (Phi) is 8.80. The molecule has 4 amide bonds. The number of likely N-dealkylation sites (tertiary alicyclic amines) is 1. The Hall–Kier alpha value is -5.80. The topological polar surface area (TPSA) is 143 Å². The second kappa shape index (κ2) is 13.7. The highest BCUT2D eigenvalue weighted by Crippen LogP contribution is 2.48. The lowest BCUT2D eigenvalue weighted by molar-refractivity contribution is -0.136. The maximum absolute atomic E-state index is 13.4. The number of imide groups is 2. The number of piperidine rings is 2. The first-order chi connectivity index (χ1) is 27.0. The van der Waals surface area contributed by atoms with Gasteiger partial charge in [-0.05, 0) is 112 Å². The maximum Gasteiger partial charge on any atom is 0.262 e. The van der Waals surface area contributed by atoms with E-state index in [0.29, 0.717) is 17.0 Å². The molecule has 1 saturated carbocycles. The molecule has 56 heavy (non-hydrogen) atoms. The zero-order valence-electron chi connectivity index (χ0n) is 32.0. The number of nitrogens with zero attached hydrogens (tertiary/aromatic N) is 6. The molecule has 1 N–H and O–H groups in total. The van der Waals surface area contributed by atoms with E-state index in [1.807, 2.05) is 19.9 Å². The van der Waals surface area contributed by atoms with Crippen molar-refractivity contribution in [2.75, 3.05) is 42.5 Å². The zero-order chi connectivity index (χ0) is 38.9. The van der Waals surface area contributed by atoms with Crippen LogP contribution < -0.4 is 15.1 Å². The lowest BCUT2D eigenvalue weighted by atomic mass is 9.92. The average Bonchev–Trinajstić information content (AvgIpc) is 3.86. The number of carbonyl (C=O) groups is 4. The van der Waals surface area contributed by atoms with Crippen LogP contribution in [0.5, 0.6) is 0 Å². The molecule has 0 spiro atoms. The van der Waals surface area contributed by atoms with Crippen LogP contribution in [0, 0.1) is 38.0 Å². The molecule has 1 unspecified atom stereocenters. The molecule has 286 valence electrons. The predicted molar refractivity (Wildman–Crippen MR) is 210 cm³/mol. The molecule has 3 aromatic carbocycles. The second-order valence-corrected chi connectivity index (χ2v) is 16.3. The van der Waals surface area contributed by atoms with Crippen LogP contribution in [-0.4, -0.2) is 83.4 Å². The number of hydrogen-bond donors (Lipinski definition) is 1. The van der Waals surface area contributed by atoms with E-state index in [4.69, 9.17) is 4.52 Å². The molecule has 1 aliphatic carbocycles. The van der Waals surface area contributed by atoms with Crippen molar-refractivity contribution in [2.45, 2.75) is 76.8 Å². The van der Waals surface area contributed by atoms with E-state index in [1.165, 1.54) is 5.56 Å². The van der Waals surface area contributed by atoms with Crippen molar-refractivity contribution < 1.29 is 23.7 Å². The molecule has 3 saturated heterocycles. The summed E-state index contributed by atoms with van der Waals surface area (Å²) in [7, 11) is 0. The molecule has 4 fully saturated rings. The van der Waals surface area contributed by atoms with E-state index in [0.717, 1.165) is 109 Å². The number of nitrogens with one attached hydrogen (secondary N) is 1. The highest BCUT2D eigenvalue weighted by Gasteiger charge is 2.46. The number of aryl methyl sites for hydroxylation is 3. The van der Waals surface area contributed by atoms with E-state index >= 15 is 0 Å². The Morgan fingerprint density at radius 1 is 0.911 bits per heavy atom. The molecule has 1 atom stereocenters. The van der Waals surface area contributed by atoms with Crippen molar-refractivity contribution in [1.82, 2.24) is 20.3 Å². The summed E-state index contributed by atoms with van der Waals surface area (Å²) < 4.78 is 5.53. The van der Waals surface area contributed by atoms with Crippen LogP contribution in [0.15, 0.2) is 65.2 Å². The molecule has 0 radical (unpaired) electrons. The molecule has 9 rings (SSSR count). The Bertz CT molecular complexity index is 2290. The third-order valence-electron chi connectivity index (χ3n) is 12.7. The maximum atomic E-state index is 13.4. The number of hydrogen-bond acceptors (Lipinski definition) is 10. The molecule has 0 bridgehead atoms. The van der Waals surface area contributed by atoms with E-state index in [-0.39, 0.29) is 30.2 Å². The molecule has 5 heterocycles. The summed E-state index contributed by atoms with van der Waals surface area (Å²) in [5.74, 6) is -0.618. The summed E-state index contributed by atoms with van der Waals surface area (Å²) in [5.41, 5.74) is 8.73. The van der Waals surface area contributed by atoms with Gasteiger partial charge in [0.2, 0.25) is 11.8 Å². The standard InChI is InChI=1S/C44H45N7O5/c1-26-4-5-30(40-27(2)47-56-28(40)3)20-38(26)50(32-8-6-31(7-9-32)44(25-45)16-17-44)34-23-48(24-34)22-29-14-18-49(19-15-29)33-10-11-35-36(21-33)43(55)51(42(35)54)37-12-13-39(52)46-41(37)53/h4-11,20-21,29,34,37H,12-19,22-24H2,1-3H3,(H,46,52,53). The number of anilines is 3. The Labute approximate surface area is 326 Å². The molecule has 4 aromatic rings. The van der Waals surface area contributed by atoms with Gasteiger partial charge in [0.05, 0.1) is 34.3 Å². The zero-order valence-corrected chi connectivity index (χ0v) is 32.0. The highest BCUT2D eigenvalue weighted by molar-refractivity contribution is 6.23. The lowest BCUT2D eigenvalue weighted by Crippen LogP contribution is -2.59. The van der Waals surface area contributed by atoms with Gasteiger partial charge in [0.25, 0.3) is 11.8 Å². The molecule has 12 heteroatoms. The summed E-state index contributed by atoms with van der Waals surface area (Å²) in [5, 5.41) is 16.3. The molecular weight excluding hydrogens is 707 g/mol. The summed E-state index contributed by atoms with van der Waals surface area (Å²) in [6, 6.07) is 22.4. The number of fused-ring (bicyclic) bond motifs is 1. The Balaban J connectivity index is 0.868. The lowest BCUT2D eigenvalue weighted by Gasteiger charge is -2.48. The fourth-order valence-corrected chi connectivity index (χ4v) is 9.25. The third kappa shape index (κ3) is 6.14. The summed E-state index contributed by atoms with van der Waals surface area (Å²) in [6.45, 7) is 10.7. The Morgan fingerprint density at radius 2 is 1.64 bits per heavy atom. The number of nitriles is 1. The van der Waals surface area contributed by atoms with Gasteiger partial charge in [0, 0.05) is 61.8 Å². The first kappa shape index (κ1) is 35.9. The van der Waals surface area contributed by atoms with Crippen molar-refractivity contribution >= 4 is 40.7 Å². The van der Waals surface area contributed by atoms with Gasteiger partial charge in [-0.3, -0.25) is 34.3 Å². The van der Waals surface area contributed by atoms with E-state index < -0.39 is 23.8 Å². The van der Waals surface area contributed by atoms with Crippen LogP contribution in [0.1, 0.15) is 81.8 Å². The van der Waals surface area contributed by atoms with Gasteiger partial charge in [-0.15, -0.1) is 0 Å². The number of benzene rings is 3. The first-order valence-electron chi connectivity index (χ1n) is 19.7. The third-order valence-corrected chi connectivity index (χ3v) is 12.7. The predicted octanol–water partition coefficient (Wildman–Crippen LogP) is 5.96. The van der Waals surface area contributed by atoms with Crippen LogP contribution in [0.2, 0.25) is 0 Å². The number of rotatable bonds is 9. The molecule has 1 aromatic heterocycles. The largest absolute Gasteiger partial charge is 0.371 e. The SMILES string of the molecule is Cc1ccc(-c2c(C)noc2C)cc1N(c1ccc(C2(C#N)CC2)cc1)C1CN(CC2CCN(c3ccc4c(c3)C(=O)N(C3CCC(=O)NC3=O)C4=O)CC2)C1. The van der Waals surface area contributed by atoms with Gasteiger partial charge < -0.3 is 14.3 Å². The smallest absolute Gasteiger partial charge is 0.262 e. The Morgan fingerprint density at radius 3 is 2.30 bits per heavy atom. The van der Waals surface area contributed by atoms with Gasteiger partial charge in [0.15, 0.2) is 0 Å². The minimum Gasteiger partial charge on any atom is -0.371 e. The van der Waals surface area contributed by atoms with Gasteiger partial charge in [0.1, 0.15) is 11.8 Å². The first-order valence-corrected chi connectivity index (χ1v) is 19.7. The average molecular weight is 752 g/mol. The fraction of sp³-hybridized carbons (Fsp3) is 0.409. The van der Waals surface area contributed by atoms with Gasteiger partial charge >= 0.3 is 0 Å². The van der Waals surface area contributed by atoms with Gasteiger partial charge in [-0.25, -0.2) is 0 Å². The van der Waals surface area contributed by atoms with Gasteiger partial charge in [-0.1, -0.05) is 29.4 Å². The summed E-state index contributed by atoms with van der Waals surface area (Å²) in [4.78, 5) is 59.1. The minimum atomic E-state index is -0.973. The quantitative estimate of drug-likeness (QED) is 0.204. The monoisotopic (exact) mass is 751 g/mol. The van der Waals surface area contributed by atoms with E-state index in [9.17, 15) is 24.4 Å². The van der Waals surface area contributed by atoms with Crippen molar-refractivity contribution in [3.05, 3.63) is 94.4 Å². The number of aromatic nitrogens is 1. The van der Waals surface area contributed by atoms with Crippen molar-refractivity contribution in [1.29, 1.82) is 5.26 Å².